The molecule has 0 amide bonds. The van der Waals surface area contributed by atoms with Gasteiger partial charge in [0.15, 0.2) is 0 Å². The lowest BCUT2D eigenvalue weighted by molar-refractivity contribution is 0.219. The first-order valence-electron chi connectivity index (χ1n) is 9.59. The molecule has 1 saturated heterocycles. The van der Waals surface area contributed by atoms with E-state index >= 15 is 0 Å². The number of benzene rings is 1. The molecule has 1 aliphatic rings. The Labute approximate surface area is 162 Å². The highest BCUT2D eigenvalue weighted by Crippen LogP contribution is 2.32. The van der Waals surface area contributed by atoms with Crippen LogP contribution in [0.2, 0.25) is 0 Å². The van der Waals surface area contributed by atoms with Gasteiger partial charge in [-0.15, -0.1) is 0 Å². The molecule has 0 bridgehead atoms. The van der Waals surface area contributed by atoms with Crippen LogP contribution >= 0.6 is 0 Å². The zero-order valence-electron chi connectivity index (χ0n) is 15.9. The molecule has 7 heteroatoms. The second kappa shape index (κ2) is 7.69. The first-order chi connectivity index (χ1) is 13.6. The van der Waals surface area contributed by atoms with E-state index in [0.29, 0.717) is 23.3 Å². The lowest BCUT2D eigenvalue weighted by atomic mass is 10.1. The van der Waals surface area contributed by atoms with Gasteiger partial charge in [0.1, 0.15) is 5.82 Å². The van der Waals surface area contributed by atoms with E-state index in [4.69, 9.17) is 4.98 Å². The van der Waals surface area contributed by atoms with Gasteiger partial charge in [-0.3, -0.25) is 19.1 Å². The van der Waals surface area contributed by atoms with Gasteiger partial charge in [-0.25, -0.2) is 4.98 Å². The van der Waals surface area contributed by atoms with E-state index < -0.39 is 0 Å². The Morgan fingerprint density at radius 3 is 2.79 bits per heavy atom. The van der Waals surface area contributed by atoms with Crippen LogP contribution in [0.3, 0.4) is 0 Å². The Morgan fingerprint density at radius 2 is 1.96 bits per heavy atom. The standard InChI is InChI=1S/C21H24N4O3/c1-23-15(6-4-10-19(23)27)14-24-11-5-9-18(24)20-22-17-8-3-2-7-16(17)21(28)25(20)12-13-26/h2-4,6-8,10,18,26H,5,9,11-14H2,1H3. The lowest BCUT2D eigenvalue weighted by Gasteiger charge is -2.27. The highest BCUT2D eigenvalue weighted by Gasteiger charge is 2.30. The highest BCUT2D eigenvalue weighted by atomic mass is 16.3. The van der Waals surface area contributed by atoms with Gasteiger partial charge >= 0.3 is 0 Å². The molecule has 1 atom stereocenters. The molecule has 1 fully saturated rings. The van der Waals surface area contributed by atoms with Crippen molar-refractivity contribution in [1.82, 2.24) is 19.0 Å². The summed E-state index contributed by atoms with van der Waals surface area (Å²) in [6.45, 7) is 1.58. The maximum Gasteiger partial charge on any atom is 0.261 e. The zero-order chi connectivity index (χ0) is 19.7. The Morgan fingerprint density at radius 1 is 1.14 bits per heavy atom. The fourth-order valence-electron chi connectivity index (χ4n) is 4.04. The van der Waals surface area contributed by atoms with Crippen LogP contribution in [0.15, 0.2) is 52.1 Å². The average Bonchev–Trinajstić information content (AvgIpc) is 3.15. The largest absolute Gasteiger partial charge is 0.395 e. The summed E-state index contributed by atoms with van der Waals surface area (Å²) in [5.74, 6) is 0.691. The van der Waals surface area contributed by atoms with Crippen LogP contribution in [0.4, 0.5) is 0 Å². The van der Waals surface area contributed by atoms with Crippen molar-refractivity contribution in [3.8, 4) is 0 Å². The maximum atomic E-state index is 13.0. The third-order valence-corrected chi connectivity index (χ3v) is 5.53. The van der Waals surface area contributed by atoms with Gasteiger partial charge in [0, 0.05) is 25.4 Å². The molecule has 3 aromatic rings. The predicted molar refractivity (Wildman–Crippen MR) is 107 cm³/mol. The number of aliphatic hydroxyl groups excluding tert-OH is 1. The summed E-state index contributed by atoms with van der Waals surface area (Å²) in [7, 11) is 1.78. The van der Waals surface area contributed by atoms with Crippen LogP contribution in [0, 0.1) is 0 Å². The van der Waals surface area contributed by atoms with Crippen LogP contribution in [0.5, 0.6) is 0 Å². The van der Waals surface area contributed by atoms with E-state index in [1.165, 1.54) is 0 Å². The molecule has 0 radical (unpaired) electrons. The van der Waals surface area contributed by atoms with Crippen molar-refractivity contribution < 1.29 is 5.11 Å². The van der Waals surface area contributed by atoms with Gasteiger partial charge in [0.25, 0.3) is 5.56 Å². The molecule has 7 nitrogen and oxygen atoms in total. The summed E-state index contributed by atoms with van der Waals surface area (Å²) in [5.41, 5.74) is 1.45. The molecule has 0 saturated carbocycles. The second-order valence-corrected chi connectivity index (χ2v) is 7.21. The summed E-state index contributed by atoms with van der Waals surface area (Å²) in [6, 6.07) is 12.6. The molecule has 1 unspecified atom stereocenters. The SMILES string of the molecule is Cn1c(CN2CCCC2c2nc3ccccc3c(=O)n2CCO)cccc1=O. The molecular weight excluding hydrogens is 356 g/mol. The van der Waals surface area contributed by atoms with E-state index in [2.05, 4.69) is 4.90 Å². The third-order valence-electron chi connectivity index (χ3n) is 5.53. The second-order valence-electron chi connectivity index (χ2n) is 7.21. The summed E-state index contributed by atoms with van der Waals surface area (Å²) in [6.07, 6.45) is 1.88. The summed E-state index contributed by atoms with van der Waals surface area (Å²) < 4.78 is 3.26. The van der Waals surface area contributed by atoms with Gasteiger partial charge in [-0.05, 0) is 37.6 Å². The van der Waals surface area contributed by atoms with E-state index in [0.717, 1.165) is 25.1 Å². The maximum absolute atomic E-state index is 13.0. The van der Waals surface area contributed by atoms with Crippen LogP contribution in [0.25, 0.3) is 10.9 Å². The minimum atomic E-state index is -0.118. The van der Waals surface area contributed by atoms with Crippen molar-refractivity contribution in [2.75, 3.05) is 13.2 Å². The van der Waals surface area contributed by atoms with Crippen molar-refractivity contribution in [2.45, 2.75) is 32.0 Å². The number of likely N-dealkylation sites (tertiary alicyclic amines) is 1. The number of rotatable bonds is 5. The Kier molecular flexibility index (Phi) is 5.11. The molecule has 1 aromatic carbocycles. The first-order valence-corrected chi connectivity index (χ1v) is 9.59. The van der Waals surface area contributed by atoms with Gasteiger partial charge in [-0.1, -0.05) is 18.2 Å². The molecule has 1 aliphatic heterocycles. The quantitative estimate of drug-likeness (QED) is 0.724. The molecular formula is C21H24N4O3. The number of para-hydroxylation sites is 1. The molecule has 0 spiro atoms. The normalized spacial score (nSPS) is 17.4. The topological polar surface area (TPSA) is 80.4 Å². The number of aliphatic hydroxyl groups is 1. The summed E-state index contributed by atoms with van der Waals surface area (Å²) >= 11 is 0. The first kappa shape index (κ1) is 18.6. The Bertz CT molecular complexity index is 1120. The molecule has 28 heavy (non-hydrogen) atoms. The van der Waals surface area contributed by atoms with Crippen LogP contribution in [0.1, 0.15) is 30.4 Å². The average molecular weight is 380 g/mol. The number of nitrogens with zero attached hydrogens (tertiary/aromatic N) is 4. The number of aromatic nitrogens is 3. The van der Waals surface area contributed by atoms with Crippen molar-refractivity contribution >= 4 is 10.9 Å². The number of hydrogen-bond donors (Lipinski definition) is 1. The van der Waals surface area contributed by atoms with Crippen LogP contribution in [-0.2, 0) is 20.1 Å². The summed E-state index contributed by atoms with van der Waals surface area (Å²) in [4.78, 5) is 32.0. The van der Waals surface area contributed by atoms with E-state index in [1.54, 1.807) is 34.4 Å². The minimum Gasteiger partial charge on any atom is -0.395 e. The van der Waals surface area contributed by atoms with E-state index in [-0.39, 0.29) is 30.3 Å². The van der Waals surface area contributed by atoms with Gasteiger partial charge in [-0.2, -0.15) is 0 Å². The molecule has 3 heterocycles. The van der Waals surface area contributed by atoms with Crippen molar-refractivity contribution in [1.29, 1.82) is 0 Å². The van der Waals surface area contributed by atoms with Crippen molar-refractivity contribution in [3.05, 3.63) is 74.7 Å². The molecule has 4 rings (SSSR count). The molecule has 146 valence electrons. The Hall–Kier alpha value is -2.77. The van der Waals surface area contributed by atoms with E-state index in [1.807, 2.05) is 24.3 Å². The smallest absolute Gasteiger partial charge is 0.261 e. The Balaban J connectivity index is 1.77. The fraction of sp³-hybridized carbons (Fsp3) is 0.381. The zero-order valence-corrected chi connectivity index (χ0v) is 15.9. The summed E-state index contributed by atoms with van der Waals surface area (Å²) in [5, 5.41) is 10.1. The third kappa shape index (κ3) is 3.27. The highest BCUT2D eigenvalue weighted by molar-refractivity contribution is 5.77. The van der Waals surface area contributed by atoms with Gasteiger partial charge in [0.2, 0.25) is 5.56 Å². The molecule has 2 aromatic heterocycles. The minimum absolute atomic E-state index is 0.0286. The predicted octanol–water partition coefficient (Wildman–Crippen LogP) is 1.42. The monoisotopic (exact) mass is 380 g/mol. The number of hydrogen-bond acceptors (Lipinski definition) is 5. The van der Waals surface area contributed by atoms with Crippen LogP contribution < -0.4 is 11.1 Å². The van der Waals surface area contributed by atoms with Gasteiger partial charge in [0.05, 0.1) is 30.1 Å². The van der Waals surface area contributed by atoms with Crippen LogP contribution in [-0.4, -0.2) is 37.3 Å². The fourth-order valence-corrected chi connectivity index (χ4v) is 4.04. The number of fused-ring (bicyclic) bond motifs is 1. The van der Waals surface area contributed by atoms with E-state index in [9.17, 15) is 14.7 Å². The molecule has 1 N–H and O–H groups in total. The van der Waals surface area contributed by atoms with Crippen molar-refractivity contribution in [3.63, 3.8) is 0 Å². The van der Waals surface area contributed by atoms with Crippen molar-refractivity contribution in [2.24, 2.45) is 7.05 Å². The number of pyridine rings is 1. The molecule has 0 aliphatic carbocycles. The van der Waals surface area contributed by atoms with Gasteiger partial charge < -0.3 is 9.67 Å². The lowest BCUT2D eigenvalue weighted by Crippen LogP contribution is -2.34.